The Morgan fingerprint density at radius 1 is 1.12 bits per heavy atom. The van der Waals surface area contributed by atoms with Crippen LogP contribution in [0.5, 0.6) is 17.2 Å². The molecule has 0 aliphatic rings. The van der Waals surface area contributed by atoms with Crippen LogP contribution >= 0.6 is 15.9 Å². The standard InChI is InChI=1S/C19H22BrNO4/c1-3-24-17-10-9-15(13-18(17)23-2)21-19(22)8-5-11-25-16-7-4-6-14(20)12-16/h4,6-7,9-10,12-13H,3,5,8,11H2,1-2H3,(H,21,22). The molecule has 0 saturated heterocycles. The van der Waals surface area contributed by atoms with Gasteiger partial charge in [0.15, 0.2) is 11.5 Å². The van der Waals surface area contributed by atoms with Gasteiger partial charge in [-0.3, -0.25) is 4.79 Å². The number of nitrogens with one attached hydrogen (secondary N) is 1. The molecule has 5 nitrogen and oxygen atoms in total. The summed E-state index contributed by atoms with van der Waals surface area (Å²) in [4.78, 5) is 12.0. The van der Waals surface area contributed by atoms with Crippen molar-refractivity contribution < 1.29 is 19.0 Å². The molecule has 0 unspecified atom stereocenters. The molecule has 2 aromatic carbocycles. The summed E-state index contributed by atoms with van der Waals surface area (Å²) in [5.41, 5.74) is 0.679. The summed E-state index contributed by atoms with van der Waals surface area (Å²) >= 11 is 3.39. The molecule has 134 valence electrons. The first-order valence-corrected chi connectivity index (χ1v) is 8.90. The van der Waals surface area contributed by atoms with Gasteiger partial charge in [0.1, 0.15) is 5.75 Å². The van der Waals surface area contributed by atoms with Crippen molar-refractivity contribution in [3.8, 4) is 17.2 Å². The Labute approximate surface area is 156 Å². The molecule has 1 N–H and O–H groups in total. The van der Waals surface area contributed by atoms with Crippen molar-refractivity contribution in [1.82, 2.24) is 0 Å². The SMILES string of the molecule is CCOc1ccc(NC(=O)CCCOc2cccc(Br)c2)cc1OC. The zero-order valence-corrected chi connectivity index (χ0v) is 16.0. The minimum Gasteiger partial charge on any atom is -0.494 e. The van der Waals surface area contributed by atoms with E-state index in [1.54, 1.807) is 25.3 Å². The number of hydrogen-bond acceptors (Lipinski definition) is 4. The van der Waals surface area contributed by atoms with E-state index in [2.05, 4.69) is 21.2 Å². The van der Waals surface area contributed by atoms with Crippen LogP contribution in [0.1, 0.15) is 19.8 Å². The molecule has 0 aromatic heterocycles. The number of ether oxygens (including phenoxy) is 3. The predicted molar refractivity (Wildman–Crippen MR) is 102 cm³/mol. The first kappa shape index (κ1) is 19.1. The van der Waals surface area contributed by atoms with Crippen LogP contribution in [0.2, 0.25) is 0 Å². The van der Waals surface area contributed by atoms with E-state index in [9.17, 15) is 4.79 Å². The van der Waals surface area contributed by atoms with Crippen molar-refractivity contribution in [1.29, 1.82) is 0 Å². The Kier molecular flexibility index (Phi) is 7.60. The molecule has 2 rings (SSSR count). The molecular formula is C19H22BrNO4. The molecule has 0 fully saturated rings. The van der Waals surface area contributed by atoms with Crippen LogP contribution in [0.4, 0.5) is 5.69 Å². The second kappa shape index (κ2) is 9.93. The van der Waals surface area contributed by atoms with Crippen LogP contribution in [0.15, 0.2) is 46.9 Å². The monoisotopic (exact) mass is 407 g/mol. The fourth-order valence-electron chi connectivity index (χ4n) is 2.22. The van der Waals surface area contributed by atoms with Crippen molar-refractivity contribution in [2.75, 3.05) is 25.6 Å². The number of amides is 1. The highest BCUT2D eigenvalue weighted by molar-refractivity contribution is 9.10. The van der Waals surface area contributed by atoms with E-state index in [1.807, 2.05) is 31.2 Å². The summed E-state index contributed by atoms with van der Waals surface area (Å²) in [5, 5.41) is 2.86. The van der Waals surface area contributed by atoms with Gasteiger partial charge in [-0.25, -0.2) is 0 Å². The molecule has 0 aliphatic heterocycles. The third-order valence-electron chi connectivity index (χ3n) is 3.36. The largest absolute Gasteiger partial charge is 0.494 e. The lowest BCUT2D eigenvalue weighted by molar-refractivity contribution is -0.116. The summed E-state index contributed by atoms with van der Waals surface area (Å²) in [6.07, 6.45) is 1.01. The number of hydrogen-bond donors (Lipinski definition) is 1. The van der Waals surface area contributed by atoms with Crippen molar-refractivity contribution in [3.63, 3.8) is 0 Å². The second-order valence-electron chi connectivity index (χ2n) is 5.26. The Bertz CT molecular complexity index is 706. The predicted octanol–water partition coefficient (Wildman–Crippen LogP) is 4.65. The van der Waals surface area contributed by atoms with Crippen LogP contribution in [0.25, 0.3) is 0 Å². The maximum absolute atomic E-state index is 12.0. The Balaban J connectivity index is 1.78. The normalized spacial score (nSPS) is 10.2. The molecule has 0 aliphatic carbocycles. The highest BCUT2D eigenvalue weighted by atomic mass is 79.9. The number of methoxy groups -OCH3 is 1. The first-order valence-electron chi connectivity index (χ1n) is 8.11. The van der Waals surface area contributed by atoms with Crippen LogP contribution < -0.4 is 19.5 Å². The minimum atomic E-state index is -0.0657. The third-order valence-corrected chi connectivity index (χ3v) is 3.85. The number of carbonyl (C=O) groups is 1. The number of rotatable bonds is 9. The third kappa shape index (κ3) is 6.31. The maximum Gasteiger partial charge on any atom is 0.224 e. The molecule has 0 spiro atoms. The lowest BCUT2D eigenvalue weighted by Gasteiger charge is -2.12. The van der Waals surface area contributed by atoms with Gasteiger partial charge in [0.05, 0.1) is 20.3 Å². The minimum absolute atomic E-state index is 0.0657. The zero-order chi connectivity index (χ0) is 18.1. The molecule has 25 heavy (non-hydrogen) atoms. The highest BCUT2D eigenvalue weighted by Crippen LogP contribution is 2.30. The summed E-state index contributed by atoms with van der Waals surface area (Å²) < 4.78 is 17.3. The molecule has 0 heterocycles. The van der Waals surface area contributed by atoms with Crippen LogP contribution in [-0.2, 0) is 4.79 Å². The molecular weight excluding hydrogens is 386 g/mol. The van der Waals surface area contributed by atoms with E-state index < -0.39 is 0 Å². The second-order valence-corrected chi connectivity index (χ2v) is 6.17. The zero-order valence-electron chi connectivity index (χ0n) is 14.4. The maximum atomic E-state index is 12.0. The summed E-state index contributed by atoms with van der Waals surface area (Å²) in [6.45, 7) is 2.95. The van der Waals surface area contributed by atoms with Gasteiger partial charge < -0.3 is 19.5 Å². The Morgan fingerprint density at radius 2 is 1.96 bits per heavy atom. The van der Waals surface area contributed by atoms with Gasteiger partial charge in [-0.05, 0) is 43.7 Å². The molecule has 2 aromatic rings. The van der Waals surface area contributed by atoms with E-state index >= 15 is 0 Å². The fraction of sp³-hybridized carbons (Fsp3) is 0.316. The highest BCUT2D eigenvalue weighted by Gasteiger charge is 2.08. The average Bonchev–Trinajstić information content (AvgIpc) is 2.60. The van der Waals surface area contributed by atoms with E-state index in [1.165, 1.54) is 0 Å². The van der Waals surface area contributed by atoms with Gasteiger partial charge in [-0.1, -0.05) is 22.0 Å². The molecule has 6 heteroatoms. The summed E-state index contributed by atoms with van der Waals surface area (Å²) in [5.74, 6) is 1.97. The number of carbonyl (C=O) groups excluding carboxylic acids is 1. The van der Waals surface area contributed by atoms with Gasteiger partial charge >= 0.3 is 0 Å². The quantitative estimate of drug-likeness (QED) is 0.614. The van der Waals surface area contributed by atoms with Crippen molar-refractivity contribution in [3.05, 3.63) is 46.9 Å². The Hall–Kier alpha value is -2.21. The molecule has 0 radical (unpaired) electrons. The van der Waals surface area contributed by atoms with E-state index in [0.717, 1.165) is 10.2 Å². The fourth-order valence-corrected chi connectivity index (χ4v) is 2.60. The van der Waals surface area contributed by atoms with E-state index in [4.69, 9.17) is 14.2 Å². The lowest BCUT2D eigenvalue weighted by Crippen LogP contribution is -2.13. The summed E-state index contributed by atoms with van der Waals surface area (Å²) in [6, 6.07) is 13.0. The van der Waals surface area contributed by atoms with Crippen LogP contribution in [0.3, 0.4) is 0 Å². The van der Waals surface area contributed by atoms with Gasteiger partial charge in [0.25, 0.3) is 0 Å². The molecule has 0 saturated carbocycles. The van der Waals surface area contributed by atoms with Crippen LogP contribution in [-0.4, -0.2) is 26.2 Å². The number of anilines is 1. The smallest absolute Gasteiger partial charge is 0.224 e. The van der Waals surface area contributed by atoms with E-state index in [-0.39, 0.29) is 5.91 Å². The van der Waals surface area contributed by atoms with Gasteiger partial charge in [-0.15, -0.1) is 0 Å². The summed E-state index contributed by atoms with van der Waals surface area (Å²) in [7, 11) is 1.57. The van der Waals surface area contributed by atoms with Gasteiger partial charge in [0.2, 0.25) is 5.91 Å². The molecule has 0 atom stereocenters. The van der Waals surface area contributed by atoms with Crippen molar-refractivity contribution in [2.24, 2.45) is 0 Å². The first-order chi connectivity index (χ1) is 12.1. The van der Waals surface area contributed by atoms with Gasteiger partial charge in [0, 0.05) is 22.6 Å². The number of benzene rings is 2. The van der Waals surface area contributed by atoms with Crippen molar-refractivity contribution in [2.45, 2.75) is 19.8 Å². The average molecular weight is 408 g/mol. The number of halogens is 1. The van der Waals surface area contributed by atoms with Crippen LogP contribution in [0, 0.1) is 0 Å². The topological polar surface area (TPSA) is 56.8 Å². The van der Waals surface area contributed by atoms with E-state index in [0.29, 0.717) is 43.2 Å². The Morgan fingerprint density at radius 3 is 2.68 bits per heavy atom. The molecule has 1 amide bonds. The lowest BCUT2D eigenvalue weighted by atomic mass is 10.2. The van der Waals surface area contributed by atoms with Gasteiger partial charge in [-0.2, -0.15) is 0 Å². The van der Waals surface area contributed by atoms with Crippen molar-refractivity contribution >= 4 is 27.5 Å². The molecule has 0 bridgehead atoms.